The number of hydrogen-bond donors (Lipinski definition) is 1. The van der Waals surface area contributed by atoms with Crippen molar-refractivity contribution in [3.05, 3.63) is 0 Å². The molecule has 0 saturated carbocycles. The number of amides is 1. The molecule has 0 aliphatic carbocycles. The summed E-state index contributed by atoms with van der Waals surface area (Å²) in [7, 11) is 1.64. The maximum atomic E-state index is 11.9. The Hall–Kier alpha value is -0.610. The van der Waals surface area contributed by atoms with E-state index in [1.54, 1.807) is 7.11 Å². The summed E-state index contributed by atoms with van der Waals surface area (Å²) in [5.41, 5.74) is 0. The first kappa shape index (κ1) is 11.9. The first-order valence-corrected chi connectivity index (χ1v) is 6.28. The van der Waals surface area contributed by atoms with Gasteiger partial charge in [-0.2, -0.15) is 0 Å². The van der Waals surface area contributed by atoms with Crippen molar-refractivity contribution >= 4 is 5.91 Å². The molecule has 0 radical (unpaired) electrons. The molecular weight excluding hydrogens is 204 g/mol. The van der Waals surface area contributed by atoms with E-state index in [0.717, 1.165) is 50.9 Å². The summed E-state index contributed by atoms with van der Waals surface area (Å²) in [5, 5.41) is 3.45. The Morgan fingerprint density at radius 2 is 1.94 bits per heavy atom. The quantitative estimate of drug-likeness (QED) is 0.761. The molecule has 0 unspecified atom stereocenters. The lowest BCUT2D eigenvalue weighted by molar-refractivity contribution is -0.132. The molecule has 2 rings (SSSR count). The van der Waals surface area contributed by atoms with Crippen molar-refractivity contribution in [2.75, 3.05) is 39.9 Å². The summed E-state index contributed by atoms with van der Waals surface area (Å²) in [5.74, 6) is 1.84. The third-order valence-corrected chi connectivity index (χ3v) is 3.89. The Bertz CT molecular complexity index is 231. The third kappa shape index (κ3) is 2.74. The lowest BCUT2D eigenvalue weighted by Crippen LogP contribution is -2.33. The molecule has 0 aromatic carbocycles. The molecule has 2 heterocycles. The summed E-state index contributed by atoms with van der Waals surface area (Å²) >= 11 is 0. The van der Waals surface area contributed by atoms with Crippen LogP contribution in [0.1, 0.15) is 19.3 Å². The standard InChI is InChI=1S/C12H22N2O2/c1-16-7-4-12(15)14-5-2-10-8-13-9-11(10)3-6-14/h10-11,13H,2-9H2,1H3/t10-,11+. The summed E-state index contributed by atoms with van der Waals surface area (Å²) in [6.45, 7) is 4.70. The second kappa shape index (κ2) is 5.64. The molecule has 2 saturated heterocycles. The van der Waals surface area contributed by atoms with Gasteiger partial charge < -0.3 is 15.0 Å². The Balaban J connectivity index is 1.82. The Labute approximate surface area is 97.3 Å². The highest BCUT2D eigenvalue weighted by molar-refractivity contribution is 5.76. The molecule has 92 valence electrons. The largest absolute Gasteiger partial charge is 0.384 e. The van der Waals surface area contributed by atoms with Gasteiger partial charge in [-0.1, -0.05) is 0 Å². The molecule has 1 amide bonds. The molecular formula is C12H22N2O2. The minimum Gasteiger partial charge on any atom is -0.384 e. The van der Waals surface area contributed by atoms with Crippen molar-refractivity contribution in [2.24, 2.45) is 11.8 Å². The van der Waals surface area contributed by atoms with Gasteiger partial charge in [-0.25, -0.2) is 0 Å². The molecule has 0 spiro atoms. The van der Waals surface area contributed by atoms with E-state index in [9.17, 15) is 4.79 Å². The highest BCUT2D eigenvalue weighted by atomic mass is 16.5. The maximum Gasteiger partial charge on any atom is 0.224 e. The van der Waals surface area contributed by atoms with E-state index in [4.69, 9.17) is 4.74 Å². The van der Waals surface area contributed by atoms with Crippen LogP contribution in [0, 0.1) is 11.8 Å². The van der Waals surface area contributed by atoms with E-state index >= 15 is 0 Å². The molecule has 1 N–H and O–H groups in total. The average molecular weight is 226 g/mol. The number of rotatable bonds is 3. The van der Waals surface area contributed by atoms with Gasteiger partial charge in [0.25, 0.3) is 0 Å². The van der Waals surface area contributed by atoms with Crippen molar-refractivity contribution in [2.45, 2.75) is 19.3 Å². The number of likely N-dealkylation sites (tertiary alicyclic amines) is 1. The van der Waals surface area contributed by atoms with Crippen molar-refractivity contribution in [3.63, 3.8) is 0 Å². The van der Waals surface area contributed by atoms with E-state index in [0.29, 0.717) is 13.0 Å². The molecule has 2 aliphatic rings. The average Bonchev–Trinajstić information content (AvgIpc) is 2.65. The van der Waals surface area contributed by atoms with Gasteiger partial charge in [0.1, 0.15) is 0 Å². The Morgan fingerprint density at radius 3 is 2.50 bits per heavy atom. The summed E-state index contributed by atoms with van der Waals surface area (Å²) < 4.78 is 4.95. The number of nitrogens with zero attached hydrogens (tertiary/aromatic N) is 1. The normalized spacial score (nSPS) is 29.9. The number of methoxy groups -OCH3 is 1. The fraction of sp³-hybridized carbons (Fsp3) is 0.917. The zero-order valence-corrected chi connectivity index (χ0v) is 10.1. The second-order valence-electron chi connectivity index (χ2n) is 4.88. The summed E-state index contributed by atoms with van der Waals surface area (Å²) in [6, 6.07) is 0. The molecule has 2 fully saturated rings. The monoisotopic (exact) mass is 226 g/mol. The molecule has 16 heavy (non-hydrogen) atoms. The second-order valence-corrected chi connectivity index (χ2v) is 4.88. The van der Waals surface area contributed by atoms with E-state index in [-0.39, 0.29) is 5.91 Å². The minimum atomic E-state index is 0.259. The Kier molecular flexibility index (Phi) is 4.18. The van der Waals surface area contributed by atoms with Gasteiger partial charge in [-0.05, 0) is 37.8 Å². The van der Waals surface area contributed by atoms with Crippen LogP contribution in [0.2, 0.25) is 0 Å². The fourth-order valence-corrected chi connectivity index (χ4v) is 2.81. The van der Waals surface area contributed by atoms with Crippen LogP contribution < -0.4 is 5.32 Å². The molecule has 0 aromatic rings. The first-order chi connectivity index (χ1) is 7.81. The molecule has 2 atom stereocenters. The predicted molar refractivity (Wildman–Crippen MR) is 62.2 cm³/mol. The van der Waals surface area contributed by atoms with Gasteiger partial charge in [0, 0.05) is 20.2 Å². The molecule has 4 heteroatoms. The highest BCUT2D eigenvalue weighted by Gasteiger charge is 2.31. The van der Waals surface area contributed by atoms with Crippen LogP contribution in [0.4, 0.5) is 0 Å². The third-order valence-electron chi connectivity index (χ3n) is 3.89. The SMILES string of the molecule is COCCC(=O)N1CC[C@@H]2CNC[C@@H]2CC1. The van der Waals surface area contributed by atoms with Gasteiger partial charge in [0.05, 0.1) is 13.0 Å². The predicted octanol–water partition coefficient (Wildman–Crippen LogP) is 0.481. The molecule has 0 aromatic heterocycles. The topological polar surface area (TPSA) is 41.6 Å². The Morgan fingerprint density at radius 1 is 1.31 bits per heavy atom. The first-order valence-electron chi connectivity index (χ1n) is 6.28. The van der Waals surface area contributed by atoms with E-state index in [2.05, 4.69) is 5.32 Å². The zero-order valence-electron chi connectivity index (χ0n) is 10.1. The number of fused-ring (bicyclic) bond motifs is 1. The van der Waals surface area contributed by atoms with Gasteiger partial charge in [0.15, 0.2) is 0 Å². The van der Waals surface area contributed by atoms with E-state index in [1.165, 1.54) is 0 Å². The number of carbonyl (C=O) groups excluding carboxylic acids is 1. The lowest BCUT2D eigenvalue weighted by atomic mass is 9.92. The number of hydrogen-bond acceptors (Lipinski definition) is 3. The van der Waals surface area contributed by atoms with Gasteiger partial charge in [-0.3, -0.25) is 4.79 Å². The summed E-state index contributed by atoms with van der Waals surface area (Å²) in [4.78, 5) is 13.9. The van der Waals surface area contributed by atoms with Crippen molar-refractivity contribution in [3.8, 4) is 0 Å². The van der Waals surface area contributed by atoms with Crippen LogP contribution in [0.3, 0.4) is 0 Å². The van der Waals surface area contributed by atoms with Gasteiger partial charge in [0.2, 0.25) is 5.91 Å². The number of carbonyl (C=O) groups is 1. The van der Waals surface area contributed by atoms with Crippen molar-refractivity contribution in [1.29, 1.82) is 0 Å². The number of ether oxygens (including phenoxy) is 1. The highest BCUT2D eigenvalue weighted by Crippen LogP contribution is 2.27. The van der Waals surface area contributed by atoms with Gasteiger partial charge >= 0.3 is 0 Å². The van der Waals surface area contributed by atoms with Crippen LogP contribution >= 0.6 is 0 Å². The van der Waals surface area contributed by atoms with Crippen molar-refractivity contribution in [1.82, 2.24) is 10.2 Å². The zero-order chi connectivity index (χ0) is 11.4. The fourth-order valence-electron chi connectivity index (χ4n) is 2.81. The molecule has 2 aliphatic heterocycles. The van der Waals surface area contributed by atoms with Crippen LogP contribution in [-0.2, 0) is 9.53 Å². The summed E-state index contributed by atoms with van der Waals surface area (Å²) in [6.07, 6.45) is 2.86. The molecule has 0 bridgehead atoms. The van der Waals surface area contributed by atoms with Crippen LogP contribution in [-0.4, -0.2) is 50.7 Å². The van der Waals surface area contributed by atoms with Crippen LogP contribution in [0.5, 0.6) is 0 Å². The van der Waals surface area contributed by atoms with Crippen LogP contribution in [0.25, 0.3) is 0 Å². The number of nitrogens with one attached hydrogen (secondary N) is 1. The minimum absolute atomic E-state index is 0.259. The maximum absolute atomic E-state index is 11.9. The molecule has 4 nitrogen and oxygen atoms in total. The van der Waals surface area contributed by atoms with E-state index < -0.39 is 0 Å². The van der Waals surface area contributed by atoms with Crippen molar-refractivity contribution < 1.29 is 9.53 Å². The van der Waals surface area contributed by atoms with E-state index in [1.807, 2.05) is 4.90 Å². The lowest BCUT2D eigenvalue weighted by Gasteiger charge is -2.20. The van der Waals surface area contributed by atoms with Crippen LogP contribution in [0.15, 0.2) is 0 Å². The van der Waals surface area contributed by atoms with Gasteiger partial charge in [-0.15, -0.1) is 0 Å². The smallest absolute Gasteiger partial charge is 0.224 e.